The van der Waals surface area contributed by atoms with E-state index in [1.54, 1.807) is 73.4 Å². The maximum atomic E-state index is 10.5. The predicted molar refractivity (Wildman–Crippen MR) is 193 cm³/mol. The average molecular weight is 822 g/mol. The van der Waals surface area contributed by atoms with Gasteiger partial charge in [-0.25, -0.2) is 0 Å². The fraction of sp³-hybridized carbons (Fsp3) is 0.0286. The van der Waals surface area contributed by atoms with Crippen molar-refractivity contribution in [1.82, 2.24) is 15.0 Å². The van der Waals surface area contributed by atoms with Crippen molar-refractivity contribution in [1.29, 1.82) is 0 Å². The van der Waals surface area contributed by atoms with Crippen LogP contribution in [0.4, 0.5) is 22.7 Å². The SMILES string of the molecule is C.Nc1cccc(Oc2cccnc2)c1.O=CO[O-].O=[N+]([O-])c1cccc(Oc2ccncc2)c1.O=[N+]([O-])c1cccc([N+](=O)[O-])c1.Oc1cccnc1.[H-].[K+].[K+]. The van der Waals surface area contributed by atoms with Crippen molar-refractivity contribution in [3.63, 3.8) is 0 Å². The molecule has 0 saturated heterocycles. The predicted octanol–water partition coefficient (Wildman–Crippen LogP) is 0.720. The van der Waals surface area contributed by atoms with Gasteiger partial charge in [0.2, 0.25) is 0 Å². The van der Waals surface area contributed by atoms with E-state index >= 15 is 0 Å². The van der Waals surface area contributed by atoms with Gasteiger partial charge in [-0.15, -0.1) is 0 Å². The minimum atomic E-state index is -0.674. The van der Waals surface area contributed by atoms with Crippen molar-refractivity contribution in [3.8, 4) is 28.7 Å². The number of pyridine rings is 3. The number of hydrogen-bond donors (Lipinski definition) is 2. The molecule has 0 bridgehead atoms. The number of aromatic hydroxyl groups is 1. The second kappa shape index (κ2) is 31.4. The number of non-ortho nitro benzene ring substituents is 3. The molecule has 0 aliphatic heterocycles. The van der Waals surface area contributed by atoms with Gasteiger partial charge in [0.15, 0.2) is 0 Å². The number of rotatable bonds is 8. The van der Waals surface area contributed by atoms with E-state index in [-0.39, 0.29) is 141 Å². The summed E-state index contributed by atoms with van der Waals surface area (Å²) in [7, 11) is 0. The average Bonchev–Trinajstić information content (AvgIpc) is 3.17. The molecule has 3 N–H and O–H groups in total. The molecule has 0 atom stereocenters. The third-order valence-corrected chi connectivity index (χ3v) is 5.58. The molecule has 6 rings (SSSR count). The van der Waals surface area contributed by atoms with Crippen molar-refractivity contribution in [3.05, 3.63) is 177 Å². The van der Waals surface area contributed by atoms with Crippen LogP contribution in [-0.2, 0) is 9.68 Å². The summed E-state index contributed by atoms with van der Waals surface area (Å²) in [5.74, 6) is 2.66. The Hall–Kier alpha value is -4.79. The fourth-order valence-electron chi connectivity index (χ4n) is 3.40. The summed E-state index contributed by atoms with van der Waals surface area (Å²) in [5, 5.41) is 47.9. The first-order chi connectivity index (χ1) is 25.5. The molecule has 3 heterocycles. The molecular formula is C35H33K2N7O12. The van der Waals surface area contributed by atoms with Crippen molar-refractivity contribution >= 4 is 29.2 Å². The largest absolute Gasteiger partial charge is 1.00 e. The maximum Gasteiger partial charge on any atom is 1.00 e. The molecule has 0 radical (unpaired) electrons. The molecule has 3 aromatic carbocycles. The third-order valence-electron chi connectivity index (χ3n) is 5.58. The van der Waals surface area contributed by atoms with Gasteiger partial charge in [0.25, 0.3) is 23.5 Å². The zero-order chi connectivity index (χ0) is 38.8. The third kappa shape index (κ3) is 23.2. The molecule has 0 fully saturated rings. The fourth-order valence-corrected chi connectivity index (χ4v) is 3.40. The van der Waals surface area contributed by atoms with Crippen LogP contribution >= 0.6 is 0 Å². The van der Waals surface area contributed by atoms with Crippen LogP contribution in [0.2, 0.25) is 0 Å². The maximum absolute atomic E-state index is 10.5. The number of anilines is 1. The number of carbonyl (C=O) groups excluding carboxylic acids is 1. The van der Waals surface area contributed by atoms with E-state index < -0.39 is 14.8 Å². The standard InChI is InChI=1S/C11H8N2O3.C11H10N2O.C6H4N2O4.C5H5NO.CH2O3.CH4.2K.H/c14-13(15)9-2-1-3-11(8-9)16-10-4-6-12-7-5-10;12-9-3-1-4-10(7-9)14-11-5-2-6-13-8-11;9-7(10)5-2-1-3-6(4-5)8(11)12;7-5-2-1-3-6-4-5;2-1-4-3;;;;/h1-8H;1-8H,12H2;1-4H;1-4,7H;1,3H;1H4;;;/q;;;;;;2*+1;-1/p-1. The van der Waals surface area contributed by atoms with Crippen LogP contribution in [0.25, 0.3) is 0 Å². The van der Waals surface area contributed by atoms with E-state index in [2.05, 4.69) is 19.8 Å². The Balaban J connectivity index is -0.000000662. The summed E-state index contributed by atoms with van der Waals surface area (Å²) in [6, 6.07) is 28.2. The Morgan fingerprint density at radius 2 is 1.04 bits per heavy atom. The van der Waals surface area contributed by atoms with Gasteiger partial charge in [0.1, 0.15) is 28.7 Å². The Kier molecular flexibility index (Phi) is 29.9. The molecule has 0 aliphatic rings. The van der Waals surface area contributed by atoms with Crippen LogP contribution in [0.5, 0.6) is 28.7 Å². The Morgan fingerprint density at radius 1 is 0.589 bits per heavy atom. The number of nitrogens with zero attached hydrogens (tertiary/aromatic N) is 6. The van der Waals surface area contributed by atoms with Gasteiger partial charge in [-0.3, -0.25) is 50.1 Å². The molecule has 0 aliphatic carbocycles. The van der Waals surface area contributed by atoms with Gasteiger partial charge in [-0.05, 0) is 60.7 Å². The molecule has 3 aromatic heterocycles. The number of nitrogens with two attached hydrogens (primary N) is 1. The Morgan fingerprint density at radius 3 is 1.46 bits per heavy atom. The number of ether oxygens (including phenoxy) is 2. The molecule has 0 amide bonds. The molecule has 56 heavy (non-hydrogen) atoms. The number of nitrogen functional groups attached to an aromatic ring is 1. The first-order valence-electron chi connectivity index (χ1n) is 14.5. The molecule has 21 heteroatoms. The van der Waals surface area contributed by atoms with Gasteiger partial charge in [0, 0.05) is 54.7 Å². The van der Waals surface area contributed by atoms with E-state index in [1.807, 2.05) is 30.3 Å². The van der Waals surface area contributed by atoms with E-state index in [0.717, 1.165) is 11.8 Å². The van der Waals surface area contributed by atoms with Gasteiger partial charge < -0.3 is 31.9 Å². The van der Waals surface area contributed by atoms with Crippen molar-refractivity contribution < 1.29 is 148 Å². The number of benzene rings is 3. The second-order valence-corrected chi connectivity index (χ2v) is 9.34. The van der Waals surface area contributed by atoms with Crippen molar-refractivity contribution in [2.45, 2.75) is 7.43 Å². The Labute approximate surface area is 406 Å². The van der Waals surface area contributed by atoms with Crippen LogP contribution < -0.4 is 123 Å². The second-order valence-electron chi connectivity index (χ2n) is 9.34. The van der Waals surface area contributed by atoms with Gasteiger partial charge in [-0.2, -0.15) is 0 Å². The van der Waals surface area contributed by atoms with E-state index in [0.29, 0.717) is 22.9 Å². The zero-order valence-electron chi connectivity index (χ0n) is 30.1. The van der Waals surface area contributed by atoms with E-state index in [4.69, 9.17) is 30.4 Å². The van der Waals surface area contributed by atoms with Crippen LogP contribution in [0.1, 0.15) is 8.85 Å². The number of nitro groups is 3. The molecule has 6 aromatic rings. The summed E-state index contributed by atoms with van der Waals surface area (Å²) in [6.45, 7) is -0.181. The van der Waals surface area contributed by atoms with Gasteiger partial charge >= 0.3 is 103 Å². The molecule has 0 unspecified atom stereocenters. The summed E-state index contributed by atoms with van der Waals surface area (Å²) >= 11 is 0. The monoisotopic (exact) mass is 821 g/mol. The van der Waals surface area contributed by atoms with E-state index in [9.17, 15) is 30.3 Å². The number of hydrogen-bond acceptors (Lipinski definition) is 16. The quantitative estimate of drug-likeness (QED) is 0.0534. The van der Waals surface area contributed by atoms with E-state index in [1.165, 1.54) is 36.5 Å². The smallest absolute Gasteiger partial charge is 1.00 e. The summed E-state index contributed by atoms with van der Waals surface area (Å²) in [5.41, 5.74) is 5.76. The minimum Gasteiger partial charge on any atom is -1.00 e. The van der Waals surface area contributed by atoms with Crippen LogP contribution in [0.15, 0.2) is 146 Å². The Bertz CT molecular complexity index is 2000. The van der Waals surface area contributed by atoms with Gasteiger partial charge in [-0.1, -0.05) is 19.6 Å². The number of carbonyl (C=O) groups is 1. The van der Waals surface area contributed by atoms with Crippen molar-refractivity contribution in [2.75, 3.05) is 5.73 Å². The van der Waals surface area contributed by atoms with Crippen LogP contribution in [-0.4, -0.2) is 41.3 Å². The number of nitro benzene ring substituents is 3. The zero-order valence-corrected chi connectivity index (χ0v) is 35.4. The molecular weight excluding hydrogens is 789 g/mol. The van der Waals surface area contributed by atoms with Crippen LogP contribution in [0.3, 0.4) is 0 Å². The molecule has 19 nitrogen and oxygen atoms in total. The summed E-state index contributed by atoms with van der Waals surface area (Å²) in [6.07, 6.45) is 9.54. The number of aromatic nitrogens is 3. The van der Waals surface area contributed by atoms with Gasteiger partial charge in [0.05, 0.1) is 39.3 Å². The first kappa shape index (κ1) is 53.3. The normalized spacial score (nSPS) is 8.66. The van der Waals surface area contributed by atoms with Crippen molar-refractivity contribution in [2.24, 2.45) is 0 Å². The topological polar surface area (TPSA) is 282 Å². The molecule has 0 saturated carbocycles. The summed E-state index contributed by atoms with van der Waals surface area (Å²) < 4.78 is 10.9. The minimum absolute atomic E-state index is 0. The molecule has 0 spiro atoms. The first-order valence-corrected chi connectivity index (χ1v) is 14.5. The molecule has 282 valence electrons. The van der Waals surface area contributed by atoms with Crippen LogP contribution in [0, 0.1) is 30.3 Å². The summed E-state index contributed by atoms with van der Waals surface area (Å²) in [4.78, 5) is 51.7.